The van der Waals surface area contributed by atoms with E-state index in [0.717, 1.165) is 45.1 Å². The van der Waals surface area contributed by atoms with Crippen molar-refractivity contribution in [3.63, 3.8) is 0 Å². The van der Waals surface area contributed by atoms with E-state index in [4.69, 9.17) is 4.74 Å². The van der Waals surface area contributed by atoms with Gasteiger partial charge in [-0.3, -0.25) is 0 Å². The van der Waals surface area contributed by atoms with Crippen molar-refractivity contribution in [2.24, 2.45) is 11.3 Å². The second kappa shape index (κ2) is 7.92. The summed E-state index contributed by atoms with van der Waals surface area (Å²) in [6.45, 7) is 8.24. The van der Waals surface area contributed by atoms with Gasteiger partial charge in [0.05, 0.1) is 0 Å². The second-order valence-electron chi connectivity index (χ2n) is 6.82. The van der Waals surface area contributed by atoms with Gasteiger partial charge >= 0.3 is 0 Å². The fraction of sp³-hybridized carbons (Fsp3) is 0.667. The average Bonchev–Trinajstić information content (AvgIpc) is 2.53. The second-order valence-corrected chi connectivity index (χ2v) is 6.82. The average molecular weight is 291 g/mol. The minimum Gasteiger partial charge on any atom is -0.396 e. The lowest BCUT2D eigenvalue weighted by atomic mass is 9.75. The van der Waals surface area contributed by atoms with E-state index in [1.807, 2.05) is 6.07 Å². The van der Waals surface area contributed by atoms with E-state index in [2.05, 4.69) is 43.4 Å². The van der Waals surface area contributed by atoms with Gasteiger partial charge in [-0.2, -0.15) is 0 Å². The van der Waals surface area contributed by atoms with Crippen molar-refractivity contribution < 1.29 is 9.84 Å². The number of aliphatic hydroxyl groups excluding tert-OH is 1. The summed E-state index contributed by atoms with van der Waals surface area (Å²) in [5.74, 6) is 1.05. The SMILES string of the molecule is CC(C)(CO)C(CNCC1CCOCC1)c1ccccc1. The van der Waals surface area contributed by atoms with Gasteiger partial charge in [0.2, 0.25) is 0 Å². The van der Waals surface area contributed by atoms with E-state index in [9.17, 15) is 5.11 Å². The van der Waals surface area contributed by atoms with Gasteiger partial charge in [-0.05, 0) is 36.3 Å². The summed E-state index contributed by atoms with van der Waals surface area (Å²) in [5.41, 5.74) is 1.18. The van der Waals surface area contributed by atoms with Crippen LogP contribution in [0.25, 0.3) is 0 Å². The number of aliphatic hydroxyl groups is 1. The molecule has 3 heteroatoms. The lowest BCUT2D eigenvalue weighted by Gasteiger charge is -2.34. The minimum atomic E-state index is -0.121. The highest BCUT2D eigenvalue weighted by Crippen LogP contribution is 2.34. The highest BCUT2D eigenvalue weighted by Gasteiger charge is 2.30. The first-order valence-electron chi connectivity index (χ1n) is 8.08. The standard InChI is InChI=1S/C18H29NO2/c1-18(2,14-20)17(16-6-4-3-5-7-16)13-19-12-15-8-10-21-11-9-15/h3-7,15,17,19-20H,8-14H2,1-2H3. The summed E-state index contributed by atoms with van der Waals surface area (Å²) in [6.07, 6.45) is 2.32. The van der Waals surface area contributed by atoms with Gasteiger partial charge < -0.3 is 15.2 Å². The van der Waals surface area contributed by atoms with Crippen LogP contribution in [0.2, 0.25) is 0 Å². The molecule has 0 aliphatic carbocycles. The lowest BCUT2D eigenvalue weighted by Crippen LogP contribution is -2.37. The van der Waals surface area contributed by atoms with Crippen molar-refractivity contribution in [3.05, 3.63) is 35.9 Å². The molecule has 21 heavy (non-hydrogen) atoms. The molecule has 1 fully saturated rings. The van der Waals surface area contributed by atoms with Crippen LogP contribution in [0.3, 0.4) is 0 Å². The summed E-state index contributed by atoms with van der Waals surface area (Å²) in [5, 5.41) is 13.4. The molecule has 0 aromatic heterocycles. The maximum Gasteiger partial charge on any atom is 0.0488 e. The topological polar surface area (TPSA) is 41.5 Å². The van der Waals surface area contributed by atoms with E-state index >= 15 is 0 Å². The van der Waals surface area contributed by atoms with Crippen LogP contribution in [0.5, 0.6) is 0 Å². The Bertz CT molecular complexity index is 399. The molecular formula is C18H29NO2. The predicted molar refractivity (Wildman–Crippen MR) is 86.5 cm³/mol. The Morgan fingerprint density at radius 3 is 2.52 bits per heavy atom. The monoisotopic (exact) mass is 291 g/mol. The van der Waals surface area contributed by atoms with E-state index in [0.29, 0.717) is 5.92 Å². The van der Waals surface area contributed by atoms with Crippen LogP contribution in [0.1, 0.15) is 38.2 Å². The number of hydrogen-bond acceptors (Lipinski definition) is 3. The van der Waals surface area contributed by atoms with Crippen LogP contribution in [0, 0.1) is 11.3 Å². The smallest absolute Gasteiger partial charge is 0.0488 e. The first-order valence-corrected chi connectivity index (χ1v) is 8.08. The number of rotatable bonds is 7. The van der Waals surface area contributed by atoms with Crippen LogP contribution < -0.4 is 5.32 Å². The van der Waals surface area contributed by atoms with Gasteiger partial charge in [0.25, 0.3) is 0 Å². The highest BCUT2D eigenvalue weighted by atomic mass is 16.5. The first-order chi connectivity index (χ1) is 10.1. The number of ether oxygens (including phenoxy) is 1. The third kappa shape index (κ3) is 4.80. The van der Waals surface area contributed by atoms with Crippen LogP contribution in [-0.4, -0.2) is 38.0 Å². The predicted octanol–water partition coefficient (Wildman–Crippen LogP) is 2.80. The fourth-order valence-electron chi connectivity index (χ4n) is 3.02. The maximum absolute atomic E-state index is 9.73. The van der Waals surface area contributed by atoms with E-state index < -0.39 is 0 Å². The van der Waals surface area contributed by atoms with Crippen LogP contribution in [-0.2, 0) is 4.74 Å². The van der Waals surface area contributed by atoms with Crippen LogP contribution in [0.15, 0.2) is 30.3 Å². The van der Waals surface area contributed by atoms with Gasteiger partial charge in [0, 0.05) is 32.3 Å². The van der Waals surface area contributed by atoms with Gasteiger partial charge in [0.15, 0.2) is 0 Å². The van der Waals surface area contributed by atoms with Crippen LogP contribution in [0.4, 0.5) is 0 Å². The first kappa shape index (κ1) is 16.5. The molecule has 0 radical (unpaired) electrons. The molecule has 1 atom stereocenters. The molecule has 1 aliphatic heterocycles. The minimum absolute atomic E-state index is 0.121. The normalized spacial score (nSPS) is 18.6. The Labute approximate surface area is 128 Å². The molecule has 118 valence electrons. The van der Waals surface area contributed by atoms with E-state index in [1.54, 1.807) is 0 Å². The van der Waals surface area contributed by atoms with Crippen LogP contribution >= 0.6 is 0 Å². The van der Waals surface area contributed by atoms with Crippen molar-refractivity contribution in [2.75, 3.05) is 32.9 Å². The molecule has 3 nitrogen and oxygen atoms in total. The lowest BCUT2D eigenvalue weighted by molar-refractivity contribution is 0.0653. The summed E-state index contributed by atoms with van der Waals surface area (Å²) >= 11 is 0. The molecule has 1 heterocycles. The van der Waals surface area contributed by atoms with Gasteiger partial charge in [-0.25, -0.2) is 0 Å². The summed E-state index contributed by atoms with van der Waals surface area (Å²) in [6, 6.07) is 10.5. The van der Waals surface area contributed by atoms with Crippen molar-refractivity contribution in [2.45, 2.75) is 32.6 Å². The molecule has 0 bridgehead atoms. The Morgan fingerprint density at radius 2 is 1.90 bits per heavy atom. The fourth-order valence-corrected chi connectivity index (χ4v) is 3.02. The number of hydrogen-bond donors (Lipinski definition) is 2. The largest absolute Gasteiger partial charge is 0.396 e. The molecule has 1 saturated heterocycles. The Balaban J connectivity index is 1.93. The van der Waals surface area contributed by atoms with Gasteiger partial charge in [-0.15, -0.1) is 0 Å². The number of benzene rings is 1. The van der Waals surface area contributed by atoms with Crippen molar-refractivity contribution in [3.8, 4) is 0 Å². The summed E-state index contributed by atoms with van der Waals surface area (Å²) in [4.78, 5) is 0. The highest BCUT2D eigenvalue weighted by molar-refractivity contribution is 5.22. The molecule has 1 aliphatic rings. The van der Waals surface area contributed by atoms with Gasteiger partial charge in [-0.1, -0.05) is 44.2 Å². The Morgan fingerprint density at radius 1 is 1.24 bits per heavy atom. The summed E-state index contributed by atoms with van der Waals surface area (Å²) in [7, 11) is 0. The van der Waals surface area contributed by atoms with Gasteiger partial charge in [0.1, 0.15) is 0 Å². The van der Waals surface area contributed by atoms with Crippen molar-refractivity contribution >= 4 is 0 Å². The molecule has 2 N–H and O–H groups in total. The zero-order valence-electron chi connectivity index (χ0n) is 13.3. The number of nitrogens with one attached hydrogen (secondary N) is 1. The molecule has 1 unspecified atom stereocenters. The Kier molecular flexibility index (Phi) is 6.22. The zero-order chi connectivity index (χ0) is 15.1. The molecule has 1 aromatic rings. The molecule has 1 aromatic carbocycles. The van der Waals surface area contributed by atoms with E-state index in [1.165, 1.54) is 5.56 Å². The third-order valence-corrected chi connectivity index (χ3v) is 4.68. The molecule has 2 rings (SSSR count). The molecule has 0 spiro atoms. The molecule has 0 saturated carbocycles. The molecule has 0 amide bonds. The maximum atomic E-state index is 9.73. The van der Waals surface area contributed by atoms with Crippen molar-refractivity contribution in [1.29, 1.82) is 0 Å². The zero-order valence-corrected chi connectivity index (χ0v) is 13.3. The van der Waals surface area contributed by atoms with Crippen molar-refractivity contribution in [1.82, 2.24) is 5.32 Å². The Hall–Kier alpha value is -0.900. The third-order valence-electron chi connectivity index (χ3n) is 4.68. The van der Waals surface area contributed by atoms with E-state index in [-0.39, 0.29) is 12.0 Å². The summed E-state index contributed by atoms with van der Waals surface area (Å²) < 4.78 is 5.41. The quantitative estimate of drug-likeness (QED) is 0.811. The molecular weight excluding hydrogens is 262 g/mol.